The number of benzene rings is 1. The van der Waals surface area contributed by atoms with Gasteiger partial charge in [-0.3, -0.25) is 4.79 Å². The van der Waals surface area contributed by atoms with E-state index in [1.807, 2.05) is 26.2 Å². The van der Waals surface area contributed by atoms with E-state index in [0.717, 1.165) is 24.2 Å². The van der Waals surface area contributed by atoms with Gasteiger partial charge in [0.05, 0.1) is 5.92 Å². The van der Waals surface area contributed by atoms with Gasteiger partial charge in [0.15, 0.2) is 0 Å². The van der Waals surface area contributed by atoms with E-state index < -0.39 is 0 Å². The number of anilines is 2. The predicted molar refractivity (Wildman–Crippen MR) is 82.2 cm³/mol. The summed E-state index contributed by atoms with van der Waals surface area (Å²) >= 11 is 0. The fraction of sp³-hybridized carbons (Fsp3) is 0.562. The maximum absolute atomic E-state index is 12.4. The smallest absolute Gasteiger partial charge is 0.229 e. The summed E-state index contributed by atoms with van der Waals surface area (Å²) in [5.74, 6) is 0.302. The monoisotopic (exact) mass is 273 g/mol. The van der Waals surface area contributed by atoms with Crippen LogP contribution in [-0.2, 0) is 4.79 Å². The molecule has 2 N–H and O–H groups in total. The largest absolute Gasteiger partial charge is 0.377 e. The molecule has 1 aromatic rings. The third-order valence-electron chi connectivity index (χ3n) is 4.60. The molecule has 2 bridgehead atoms. The van der Waals surface area contributed by atoms with Crippen LogP contribution in [0.2, 0.25) is 0 Å². The number of carbonyl (C=O) groups is 1. The first-order chi connectivity index (χ1) is 9.54. The number of amides is 1. The van der Waals surface area contributed by atoms with Crippen LogP contribution in [0.1, 0.15) is 24.8 Å². The molecule has 20 heavy (non-hydrogen) atoms. The van der Waals surface area contributed by atoms with Gasteiger partial charge in [-0.2, -0.15) is 0 Å². The predicted octanol–water partition coefficient (Wildman–Crippen LogP) is 2.14. The van der Waals surface area contributed by atoms with Crippen LogP contribution in [0.3, 0.4) is 0 Å². The molecule has 2 aliphatic heterocycles. The zero-order valence-electron chi connectivity index (χ0n) is 12.4. The van der Waals surface area contributed by atoms with Gasteiger partial charge in [-0.05, 0) is 43.9 Å². The van der Waals surface area contributed by atoms with Crippen molar-refractivity contribution < 1.29 is 4.79 Å². The summed E-state index contributed by atoms with van der Waals surface area (Å²) in [6.07, 6.45) is 3.35. The first-order valence-corrected chi connectivity index (χ1v) is 7.39. The Bertz CT molecular complexity index is 526. The summed E-state index contributed by atoms with van der Waals surface area (Å²) < 4.78 is 0. The van der Waals surface area contributed by atoms with Gasteiger partial charge in [-0.1, -0.05) is 6.07 Å². The van der Waals surface area contributed by atoms with Gasteiger partial charge in [0.2, 0.25) is 5.91 Å². The Morgan fingerprint density at radius 3 is 2.75 bits per heavy atom. The van der Waals surface area contributed by atoms with E-state index in [0.29, 0.717) is 12.1 Å². The third-order valence-corrected chi connectivity index (χ3v) is 4.60. The lowest BCUT2D eigenvalue weighted by molar-refractivity contribution is -0.120. The van der Waals surface area contributed by atoms with Crippen LogP contribution in [0.5, 0.6) is 0 Å². The lowest BCUT2D eigenvalue weighted by atomic mass is 9.88. The molecule has 4 heteroatoms. The molecule has 3 rings (SSSR count). The van der Waals surface area contributed by atoms with E-state index >= 15 is 0 Å². The summed E-state index contributed by atoms with van der Waals surface area (Å²) in [7, 11) is 4.04. The van der Waals surface area contributed by atoms with E-state index in [1.165, 1.54) is 12.0 Å². The molecule has 108 valence electrons. The number of rotatable bonds is 3. The number of hydrogen-bond acceptors (Lipinski definition) is 3. The van der Waals surface area contributed by atoms with Crippen LogP contribution in [0.25, 0.3) is 0 Å². The molecule has 0 spiro atoms. The first kappa shape index (κ1) is 13.4. The van der Waals surface area contributed by atoms with E-state index in [1.54, 1.807) is 0 Å². The van der Waals surface area contributed by atoms with Crippen molar-refractivity contribution in [2.24, 2.45) is 5.92 Å². The Morgan fingerprint density at radius 1 is 1.35 bits per heavy atom. The summed E-state index contributed by atoms with van der Waals surface area (Å²) in [5, 5.41) is 6.60. The van der Waals surface area contributed by atoms with Crippen molar-refractivity contribution in [2.45, 2.75) is 38.3 Å². The second-order valence-electron chi connectivity index (χ2n) is 6.27. The molecule has 3 atom stereocenters. The van der Waals surface area contributed by atoms with Crippen molar-refractivity contribution in [3.63, 3.8) is 0 Å². The fourth-order valence-electron chi connectivity index (χ4n) is 3.52. The van der Waals surface area contributed by atoms with Crippen molar-refractivity contribution in [3.05, 3.63) is 23.8 Å². The first-order valence-electron chi connectivity index (χ1n) is 7.39. The number of fused-ring (bicyclic) bond motifs is 2. The maximum atomic E-state index is 12.4. The summed E-state index contributed by atoms with van der Waals surface area (Å²) in [4.78, 5) is 14.5. The van der Waals surface area contributed by atoms with Gasteiger partial charge in [0, 0.05) is 37.6 Å². The van der Waals surface area contributed by atoms with Gasteiger partial charge in [0.1, 0.15) is 0 Å². The molecule has 3 unspecified atom stereocenters. The van der Waals surface area contributed by atoms with Crippen LogP contribution in [-0.4, -0.2) is 32.1 Å². The highest BCUT2D eigenvalue weighted by Crippen LogP contribution is 2.34. The Balaban J connectivity index is 1.71. The van der Waals surface area contributed by atoms with Gasteiger partial charge in [0.25, 0.3) is 0 Å². The molecule has 0 aromatic heterocycles. The number of aryl methyl sites for hydroxylation is 1. The molecular weight excluding hydrogens is 250 g/mol. The van der Waals surface area contributed by atoms with Gasteiger partial charge in [-0.25, -0.2) is 0 Å². The Labute approximate surface area is 120 Å². The van der Waals surface area contributed by atoms with Crippen LogP contribution >= 0.6 is 0 Å². The minimum absolute atomic E-state index is 0.137. The Hall–Kier alpha value is -1.55. The standard InChI is InChI=1S/C16H23N3O/c1-10-4-5-12(9-15(10)19(2)3)18-16(20)13-8-11-6-7-14(13)17-11/h4-5,9,11,13-14,17H,6-8H2,1-3H3,(H,18,20). The van der Waals surface area contributed by atoms with Crippen LogP contribution in [0, 0.1) is 12.8 Å². The number of nitrogens with zero attached hydrogens (tertiary/aromatic N) is 1. The van der Waals surface area contributed by atoms with Crippen LogP contribution in [0.15, 0.2) is 18.2 Å². The highest BCUT2D eigenvalue weighted by atomic mass is 16.2. The van der Waals surface area contributed by atoms with E-state index in [-0.39, 0.29) is 11.8 Å². The fourth-order valence-corrected chi connectivity index (χ4v) is 3.52. The van der Waals surface area contributed by atoms with E-state index in [4.69, 9.17) is 0 Å². The van der Waals surface area contributed by atoms with Gasteiger partial charge < -0.3 is 15.5 Å². The molecule has 1 amide bonds. The minimum atomic E-state index is 0.137. The summed E-state index contributed by atoms with van der Waals surface area (Å²) in [6.45, 7) is 2.08. The zero-order valence-corrected chi connectivity index (χ0v) is 12.4. The second kappa shape index (κ2) is 5.09. The summed E-state index contributed by atoms with van der Waals surface area (Å²) in [5.41, 5.74) is 3.26. The number of nitrogens with one attached hydrogen (secondary N) is 2. The lowest BCUT2D eigenvalue weighted by Gasteiger charge is -2.21. The van der Waals surface area contributed by atoms with Crippen molar-refractivity contribution in [1.29, 1.82) is 0 Å². The van der Waals surface area contributed by atoms with Crippen LogP contribution in [0.4, 0.5) is 11.4 Å². The molecule has 2 aliphatic rings. The maximum Gasteiger partial charge on any atom is 0.229 e. The average molecular weight is 273 g/mol. The van der Waals surface area contributed by atoms with Crippen LogP contribution < -0.4 is 15.5 Å². The van der Waals surface area contributed by atoms with Crippen molar-refractivity contribution >= 4 is 17.3 Å². The van der Waals surface area contributed by atoms with Crippen molar-refractivity contribution in [3.8, 4) is 0 Å². The SMILES string of the molecule is Cc1ccc(NC(=O)C2CC3CCC2N3)cc1N(C)C. The Morgan fingerprint density at radius 2 is 2.15 bits per heavy atom. The zero-order chi connectivity index (χ0) is 14.3. The molecule has 0 radical (unpaired) electrons. The topological polar surface area (TPSA) is 44.4 Å². The summed E-state index contributed by atoms with van der Waals surface area (Å²) in [6, 6.07) is 7.04. The van der Waals surface area contributed by atoms with E-state index in [2.05, 4.69) is 28.5 Å². The second-order valence-corrected chi connectivity index (χ2v) is 6.27. The molecule has 2 saturated heterocycles. The molecule has 4 nitrogen and oxygen atoms in total. The normalized spacial score (nSPS) is 27.6. The number of carbonyl (C=O) groups excluding carboxylic acids is 1. The van der Waals surface area contributed by atoms with Gasteiger partial charge in [-0.15, -0.1) is 0 Å². The molecule has 0 saturated carbocycles. The van der Waals surface area contributed by atoms with E-state index in [9.17, 15) is 4.79 Å². The van der Waals surface area contributed by atoms with Crippen molar-refractivity contribution in [1.82, 2.24) is 5.32 Å². The Kier molecular flexibility index (Phi) is 3.42. The average Bonchev–Trinajstić information content (AvgIpc) is 3.03. The molecule has 1 aromatic carbocycles. The molecule has 2 heterocycles. The molecular formula is C16H23N3O. The third kappa shape index (κ3) is 2.40. The highest BCUT2D eigenvalue weighted by Gasteiger charge is 2.42. The van der Waals surface area contributed by atoms with Gasteiger partial charge >= 0.3 is 0 Å². The highest BCUT2D eigenvalue weighted by molar-refractivity contribution is 5.94. The van der Waals surface area contributed by atoms with Crippen molar-refractivity contribution in [2.75, 3.05) is 24.3 Å². The molecule has 2 fully saturated rings. The number of hydrogen-bond donors (Lipinski definition) is 2. The lowest BCUT2D eigenvalue weighted by Crippen LogP contribution is -2.32. The molecule has 0 aliphatic carbocycles. The minimum Gasteiger partial charge on any atom is -0.377 e. The quantitative estimate of drug-likeness (QED) is 0.887.